The third kappa shape index (κ3) is 2.95. The molecule has 0 bridgehead atoms. The molecule has 0 saturated carbocycles. The molecule has 1 aromatic rings. The van der Waals surface area contributed by atoms with E-state index < -0.39 is 11.9 Å². The van der Waals surface area contributed by atoms with Crippen molar-refractivity contribution in [3.8, 4) is 5.88 Å². The molecule has 1 heterocycles. The van der Waals surface area contributed by atoms with Gasteiger partial charge in [0, 0.05) is 5.56 Å². The fraction of sp³-hybridized carbons (Fsp3) is 0.250. The molecule has 0 fully saturated rings. The first-order valence-corrected chi connectivity index (χ1v) is 4.28. The van der Waals surface area contributed by atoms with E-state index in [1.54, 1.807) is 0 Å². The van der Waals surface area contributed by atoms with Crippen LogP contribution in [0.25, 0.3) is 0 Å². The lowest BCUT2D eigenvalue weighted by Crippen LogP contribution is -2.20. The molecule has 1 aromatic heterocycles. The number of ether oxygens (including phenoxy) is 1. The molecule has 0 saturated heterocycles. The van der Waals surface area contributed by atoms with E-state index in [0.717, 1.165) is 6.07 Å². The number of carboxylic acid groups (broad SMARTS) is 1. The molecule has 15 heavy (non-hydrogen) atoms. The van der Waals surface area contributed by atoms with Crippen molar-refractivity contribution < 1.29 is 19.0 Å². The summed E-state index contributed by atoms with van der Waals surface area (Å²) in [4.78, 5) is 13.8. The van der Waals surface area contributed by atoms with E-state index in [2.05, 4.69) is 10.3 Å². The molecule has 1 amide bonds. The van der Waals surface area contributed by atoms with E-state index >= 15 is 0 Å². The molecular weight excluding hydrogens is 227 g/mol. The Morgan fingerprint density at radius 3 is 3.00 bits per heavy atom. The summed E-state index contributed by atoms with van der Waals surface area (Å²) in [6.07, 6.45) is -1.22. The highest BCUT2D eigenvalue weighted by Crippen LogP contribution is 2.21. The number of carbonyl (C=O) groups is 1. The van der Waals surface area contributed by atoms with E-state index in [1.165, 1.54) is 7.11 Å². The molecule has 0 aliphatic rings. The van der Waals surface area contributed by atoms with Crippen molar-refractivity contribution in [3.63, 3.8) is 0 Å². The first-order valence-electron chi connectivity index (χ1n) is 3.90. The van der Waals surface area contributed by atoms with E-state index in [-0.39, 0.29) is 23.1 Å². The summed E-state index contributed by atoms with van der Waals surface area (Å²) < 4.78 is 17.8. The summed E-state index contributed by atoms with van der Waals surface area (Å²) >= 11 is 5.42. The van der Waals surface area contributed by atoms with Crippen LogP contribution in [0.5, 0.6) is 5.88 Å². The van der Waals surface area contributed by atoms with Crippen LogP contribution < -0.4 is 10.1 Å². The van der Waals surface area contributed by atoms with E-state index in [4.69, 9.17) is 21.4 Å². The zero-order valence-electron chi connectivity index (χ0n) is 7.75. The molecule has 1 rings (SSSR count). The highest BCUT2D eigenvalue weighted by molar-refractivity contribution is 6.29. The van der Waals surface area contributed by atoms with E-state index in [9.17, 15) is 9.18 Å². The van der Waals surface area contributed by atoms with E-state index in [0.29, 0.717) is 0 Å². The Balaban J connectivity index is 2.94. The molecule has 0 aliphatic heterocycles. The van der Waals surface area contributed by atoms with Gasteiger partial charge in [-0.15, -0.1) is 0 Å². The van der Waals surface area contributed by atoms with Gasteiger partial charge in [-0.1, -0.05) is 11.6 Å². The Bertz CT molecular complexity index is 386. The van der Waals surface area contributed by atoms with Crippen LogP contribution in [0.1, 0.15) is 5.56 Å². The minimum atomic E-state index is -1.22. The summed E-state index contributed by atoms with van der Waals surface area (Å²) in [7, 11) is 1.33. The molecule has 0 aromatic carbocycles. The predicted octanol–water partition coefficient (Wildman–Crippen LogP) is 1.65. The number of hydrogen-bond donors (Lipinski definition) is 2. The molecule has 0 radical (unpaired) electrons. The van der Waals surface area contributed by atoms with Crippen LogP contribution in [0.15, 0.2) is 6.07 Å². The molecular formula is C8H8ClFN2O3. The van der Waals surface area contributed by atoms with Crippen LogP contribution in [-0.4, -0.2) is 23.3 Å². The quantitative estimate of drug-likeness (QED) is 0.780. The Labute approximate surface area is 89.8 Å². The molecule has 2 N–H and O–H groups in total. The lowest BCUT2D eigenvalue weighted by Gasteiger charge is -2.07. The number of nitrogens with one attached hydrogen (secondary N) is 1. The summed E-state index contributed by atoms with van der Waals surface area (Å²) in [5.41, 5.74) is 0.279. The number of nitrogens with zero attached hydrogens (tertiary/aromatic N) is 1. The zero-order chi connectivity index (χ0) is 11.4. The average Bonchev–Trinajstić information content (AvgIpc) is 2.19. The maximum absolute atomic E-state index is 13.0. The molecule has 5 nitrogen and oxygen atoms in total. The largest absolute Gasteiger partial charge is 0.481 e. The molecule has 82 valence electrons. The second kappa shape index (κ2) is 4.79. The van der Waals surface area contributed by atoms with Crippen molar-refractivity contribution in [2.45, 2.75) is 6.54 Å². The second-order valence-corrected chi connectivity index (χ2v) is 2.95. The van der Waals surface area contributed by atoms with Gasteiger partial charge in [-0.2, -0.15) is 4.98 Å². The molecule has 0 atom stereocenters. The van der Waals surface area contributed by atoms with Gasteiger partial charge in [0.25, 0.3) is 0 Å². The number of halogens is 2. The van der Waals surface area contributed by atoms with Crippen LogP contribution in [-0.2, 0) is 6.54 Å². The van der Waals surface area contributed by atoms with Crippen molar-refractivity contribution in [2.75, 3.05) is 7.11 Å². The molecule has 0 spiro atoms. The minimum Gasteiger partial charge on any atom is -0.481 e. The predicted molar refractivity (Wildman–Crippen MR) is 50.6 cm³/mol. The normalized spacial score (nSPS) is 9.80. The van der Waals surface area contributed by atoms with Gasteiger partial charge in [0.15, 0.2) is 11.0 Å². The number of methoxy groups -OCH3 is 1. The summed E-state index contributed by atoms with van der Waals surface area (Å²) in [5.74, 6) is -0.630. The number of hydrogen-bond acceptors (Lipinski definition) is 3. The van der Waals surface area contributed by atoms with Crippen molar-refractivity contribution in [3.05, 3.63) is 22.6 Å². The lowest BCUT2D eigenvalue weighted by molar-refractivity contribution is 0.194. The first-order chi connectivity index (χ1) is 7.04. The van der Waals surface area contributed by atoms with Crippen molar-refractivity contribution in [1.29, 1.82) is 0 Å². The summed E-state index contributed by atoms with van der Waals surface area (Å²) in [5, 5.41) is 10.1. The second-order valence-electron chi connectivity index (χ2n) is 2.59. The van der Waals surface area contributed by atoms with Gasteiger partial charge < -0.3 is 15.2 Å². The van der Waals surface area contributed by atoms with Crippen molar-refractivity contribution in [1.82, 2.24) is 10.3 Å². The molecule has 7 heteroatoms. The highest BCUT2D eigenvalue weighted by atomic mass is 35.5. The smallest absolute Gasteiger partial charge is 0.404 e. The zero-order valence-corrected chi connectivity index (χ0v) is 8.51. The molecule has 0 unspecified atom stereocenters. The number of rotatable bonds is 3. The minimum absolute atomic E-state index is 0.0927. The Kier molecular flexibility index (Phi) is 3.68. The number of amides is 1. The average molecular weight is 235 g/mol. The van der Waals surface area contributed by atoms with Crippen molar-refractivity contribution >= 4 is 17.7 Å². The third-order valence-corrected chi connectivity index (χ3v) is 1.86. The maximum Gasteiger partial charge on any atom is 0.404 e. The first kappa shape index (κ1) is 11.5. The van der Waals surface area contributed by atoms with Crippen LogP contribution in [0.3, 0.4) is 0 Å². The highest BCUT2D eigenvalue weighted by Gasteiger charge is 2.11. The van der Waals surface area contributed by atoms with Gasteiger partial charge in [0.2, 0.25) is 5.88 Å². The topological polar surface area (TPSA) is 71.5 Å². The Hall–Kier alpha value is -1.56. The van der Waals surface area contributed by atoms with Crippen LogP contribution in [0.4, 0.5) is 9.18 Å². The fourth-order valence-corrected chi connectivity index (χ4v) is 1.09. The maximum atomic E-state index is 13.0. The third-order valence-electron chi connectivity index (χ3n) is 1.60. The van der Waals surface area contributed by atoms with Gasteiger partial charge in [0.05, 0.1) is 13.7 Å². The fourth-order valence-electron chi connectivity index (χ4n) is 0.963. The van der Waals surface area contributed by atoms with Gasteiger partial charge in [0.1, 0.15) is 0 Å². The van der Waals surface area contributed by atoms with Gasteiger partial charge in [-0.3, -0.25) is 0 Å². The van der Waals surface area contributed by atoms with Crippen molar-refractivity contribution in [2.24, 2.45) is 0 Å². The molecule has 0 aliphatic carbocycles. The van der Waals surface area contributed by atoms with Crippen LogP contribution >= 0.6 is 11.6 Å². The van der Waals surface area contributed by atoms with Gasteiger partial charge in [-0.25, -0.2) is 9.18 Å². The Morgan fingerprint density at radius 2 is 2.47 bits per heavy atom. The Morgan fingerprint density at radius 1 is 1.80 bits per heavy atom. The summed E-state index contributed by atoms with van der Waals surface area (Å²) in [6.45, 7) is -0.0976. The number of pyridine rings is 1. The lowest BCUT2D eigenvalue weighted by atomic mass is 10.2. The number of aromatic nitrogens is 1. The summed E-state index contributed by atoms with van der Waals surface area (Å²) in [6, 6.07) is 1.07. The SMILES string of the molecule is COc1nc(Cl)c(F)cc1CNC(=O)O. The van der Waals surface area contributed by atoms with Crippen LogP contribution in [0.2, 0.25) is 5.15 Å². The van der Waals surface area contributed by atoms with E-state index in [1.807, 2.05) is 0 Å². The van der Waals surface area contributed by atoms with Gasteiger partial charge >= 0.3 is 6.09 Å². The van der Waals surface area contributed by atoms with Gasteiger partial charge in [-0.05, 0) is 6.07 Å². The standard InChI is InChI=1S/C8H8ClFN2O3/c1-15-7-4(3-11-8(13)14)2-5(10)6(9)12-7/h2,11H,3H2,1H3,(H,13,14). The van der Waals surface area contributed by atoms with Crippen LogP contribution in [0, 0.1) is 5.82 Å². The monoisotopic (exact) mass is 234 g/mol.